The second-order valence-electron chi connectivity index (χ2n) is 4.41. The quantitative estimate of drug-likeness (QED) is 0.884. The first-order valence-corrected chi connectivity index (χ1v) is 6.88. The van der Waals surface area contributed by atoms with Crippen molar-refractivity contribution in [2.75, 3.05) is 5.75 Å². The van der Waals surface area contributed by atoms with Gasteiger partial charge in [-0.15, -0.1) is 11.8 Å². The Morgan fingerprint density at radius 3 is 2.76 bits per heavy atom. The fraction of sp³-hybridized carbons (Fsp3) is 0.385. The lowest BCUT2D eigenvalue weighted by Gasteiger charge is -2.05. The standard InChI is InChI=1S/C13H14N2OS/c16-12(14-10-6-7-10)11-8-17-13(15-11)9-4-2-1-3-5-9/h1-5,10-11H,6-8H2,(H,14,16). The number of carbonyl (C=O) groups excluding carboxylic acids is 1. The molecule has 2 aliphatic rings. The van der Waals surface area contributed by atoms with Crippen LogP contribution in [0.4, 0.5) is 0 Å². The summed E-state index contributed by atoms with van der Waals surface area (Å²) >= 11 is 1.67. The molecule has 3 nitrogen and oxygen atoms in total. The molecule has 3 rings (SSSR count). The van der Waals surface area contributed by atoms with E-state index in [0.29, 0.717) is 6.04 Å². The second kappa shape index (κ2) is 4.53. The summed E-state index contributed by atoms with van der Waals surface area (Å²) in [4.78, 5) is 16.3. The Morgan fingerprint density at radius 1 is 1.29 bits per heavy atom. The number of nitrogens with one attached hydrogen (secondary N) is 1. The summed E-state index contributed by atoms with van der Waals surface area (Å²) in [5.41, 5.74) is 1.11. The van der Waals surface area contributed by atoms with Crippen LogP contribution >= 0.6 is 11.8 Å². The molecule has 17 heavy (non-hydrogen) atoms. The van der Waals surface area contributed by atoms with Crippen molar-refractivity contribution in [2.24, 2.45) is 4.99 Å². The molecule has 1 heterocycles. The van der Waals surface area contributed by atoms with E-state index in [4.69, 9.17) is 0 Å². The topological polar surface area (TPSA) is 41.5 Å². The van der Waals surface area contributed by atoms with Crippen LogP contribution in [-0.2, 0) is 4.79 Å². The van der Waals surface area contributed by atoms with E-state index in [1.54, 1.807) is 11.8 Å². The van der Waals surface area contributed by atoms with Crippen molar-refractivity contribution >= 4 is 22.7 Å². The number of hydrogen-bond acceptors (Lipinski definition) is 3. The van der Waals surface area contributed by atoms with Gasteiger partial charge < -0.3 is 5.32 Å². The molecule has 1 amide bonds. The molecule has 1 N–H and O–H groups in total. The van der Waals surface area contributed by atoms with Gasteiger partial charge in [-0.1, -0.05) is 30.3 Å². The maximum absolute atomic E-state index is 11.8. The van der Waals surface area contributed by atoms with Crippen LogP contribution in [0.3, 0.4) is 0 Å². The minimum Gasteiger partial charge on any atom is -0.351 e. The molecular formula is C13H14N2OS. The zero-order chi connectivity index (χ0) is 11.7. The van der Waals surface area contributed by atoms with Crippen molar-refractivity contribution < 1.29 is 4.79 Å². The van der Waals surface area contributed by atoms with Gasteiger partial charge in [-0.3, -0.25) is 9.79 Å². The van der Waals surface area contributed by atoms with Crippen LogP contribution in [0, 0.1) is 0 Å². The first kappa shape index (κ1) is 10.8. The Hall–Kier alpha value is -1.29. The van der Waals surface area contributed by atoms with E-state index in [1.807, 2.05) is 30.3 Å². The van der Waals surface area contributed by atoms with E-state index in [-0.39, 0.29) is 11.9 Å². The highest BCUT2D eigenvalue weighted by Gasteiger charge is 2.30. The van der Waals surface area contributed by atoms with Gasteiger partial charge in [0, 0.05) is 17.4 Å². The average molecular weight is 246 g/mol. The van der Waals surface area contributed by atoms with E-state index < -0.39 is 0 Å². The van der Waals surface area contributed by atoms with Gasteiger partial charge in [-0.2, -0.15) is 0 Å². The molecule has 1 aliphatic heterocycles. The highest BCUT2D eigenvalue weighted by atomic mass is 32.2. The van der Waals surface area contributed by atoms with E-state index in [2.05, 4.69) is 10.3 Å². The van der Waals surface area contributed by atoms with Crippen molar-refractivity contribution in [2.45, 2.75) is 24.9 Å². The van der Waals surface area contributed by atoms with Gasteiger partial charge in [-0.05, 0) is 12.8 Å². The maximum Gasteiger partial charge on any atom is 0.245 e. The third-order valence-corrected chi connectivity index (χ3v) is 4.00. The minimum absolute atomic E-state index is 0.0888. The van der Waals surface area contributed by atoms with E-state index >= 15 is 0 Å². The van der Waals surface area contributed by atoms with Gasteiger partial charge >= 0.3 is 0 Å². The number of amides is 1. The van der Waals surface area contributed by atoms with Gasteiger partial charge in [0.25, 0.3) is 0 Å². The van der Waals surface area contributed by atoms with E-state index in [0.717, 1.165) is 29.2 Å². The van der Waals surface area contributed by atoms with Crippen LogP contribution < -0.4 is 5.32 Å². The Kier molecular flexibility index (Phi) is 2.89. The molecule has 0 spiro atoms. The molecule has 0 saturated heterocycles. The molecule has 1 aliphatic carbocycles. The fourth-order valence-corrected chi connectivity index (χ4v) is 2.82. The summed E-state index contributed by atoms with van der Waals surface area (Å²) in [6.07, 6.45) is 2.25. The van der Waals surface area contributed by atoms with Crippen molar-refractivity contribution in [3.8, 4) is 0 Å². The van der Waals surface area contributed by atoms with Crippen LogP contribution in [0.2, 0.25) is 0 Å². The van der Waals surface area contributed by atoms with Gasteiger partial charge in [-0.25, -0.2) is 0 Å². The lowest BCUT2D eigenvalue weighted by atomic mass is 10.2. The summed E-state index contributed by atoms with van der Waals surface area (Å²) in [5.74, 6) is 0.855. The van der Waals surface area contributed by atoms with Crippen LogP contribution in [0.1, 0.15) is 18.4 Å². The number of nitrogens with zero attached hydrogens (tertiary/aromatic N) is 1. The van der Waals surface area contributed by atoms with Crippen molar-refractivity contribution in [3.63, 3.8) is 0 Å². The molecule has 1 atom stereocenters. The van der Waals surface area contributed by atoms with Crippen molar-refractivity contribution in [1.29, 1.82) is 0 Å². The number of benzene rings is 1. The Labute approximate surface area is 105 Å². The Morgan fingerprint density at radius 2 is 2.06 bits per heavy atom. The van der Waals surface area contributed by atoms with Crippen LogP contribution in [0.5, 0.6) is 0 Å². The second-order valence-corrected chi connectivity index (χ2v) is 5.42. The highest BCUT2D eigenvalue weighted by molar-refractivity contribution is 8.14. The molecule has 88 valence electrons. The lowest BCUT2D eigenvalue weighted by molar-refractivity contribution is -0.121. The number of carbonyl (C=O) groups is 1. The summed E-state index contributed by atoms with van der Waals surface area (Å²) in [7, 11) is 0. The Bertz CT molecular complexity index is 454. The first-order valence-electron chi connectivity index (χ1n) is 5.89. The fourth-order valence-electron chi connectivity index (χ4n) is 1.77. The summed E-state index contributed by atoms with van der Waals surface area (Å²) in [5, 5.41) is 4.00. The molecule has 1 aromatic rings. The van der Waals surface area contributed by atoms with Gasteiger partial charge in [0.15, 0.2) is 0 Å². The molecule has 1 saturated carbocycles. The smallest absolute Gasteiger partial charge is 0.245 e. The summed E-state index contributed by atoms with van der Waals surface area (Å²) < 4.78 is 0. The van der Waals surface area contributed by atoms with Gasteiger partial charge in [0.1, 0.15) is 6.04 Å². The summed E-state index contributed by atoms with van der Waals surface area (Å²) in [6.45, 7) is 0. The molecule has 1 aromatic carbocycles. The van der Waals surface area contributed by atoms with Crippen LogP contribution in [0.25, 0.3) is 0 Å². The number of hydrogen-bond donors (Lipinski definition) is 1. The van der Waals surface area contributed by atoms with Gasteiger partial charge in [0.05, 0.1) is 5.04 Å². The first-order chi connectivity index (χ1) is 8.33. The molecule has 0 radical (unpaired) electrons. The molecule has 1 unspecified atom stereocenters. The minimum atomic E-state index is -0.198. The van der Waals surface area contributed by atoms with E-state index in [1.165, 1.54) is 0 Å². The predicted octanol–water partition coefficient (Wildman–Crippen LogP) is 1.83. The highest BCUT2D eigenvalue weighted by Crippen LogP contribution is 2.25. The number of aliphatic imine (C=N–C) groups is 1. The maximum atomic E-state index is 11.8. The van der Waals surface area contributed by atoms with Crippen LogP contribution in [-0.4, -0.2) is 28.8 Å². The van der Waals surface area contributed by atoms with Crippen molar-refractivity contribution in [1.82, 2.24) is 5.32 Å². The predicted molar refractivity (Wildman–Crippen MR) is 70.4 cm³/mol. The van der Waals surface area contributed by atoms with Gasteiger partial charge in [0.2, 0.25) is 5.91 Å². The lowest BCUT2D eigenvalue weighted by Crippen LogP contribution is -2.35. The zero-order valence-electron chi connectivity index (χ0n) is 9.43. The Balaban J connectivity index is 1.70. The normalized spacial score (nSPS) is 23.3. The molecule has 0 aromatic heterocycles. The largest absolute Gasteiger partial charge is 0.351 e. The molecule has 1 fully saturated rings. The van der Waals surface area contributed by atoms with Crippen molar-refractivity contribution in [3.05, 3.63) is 35.9 Å². The zero-order valence-corrected chi connectivity index (χ0v) is 10.2. The third kappa shape index (κ3) is 2.52. The summed E-state index contributed by atoms with van der Waals surface area (Å²) in [6, 6.07) is 10.3. The van der Waals surface area contributed by atoms with Crippen LogP contribution in [0.15, 0.2) is 35.3 Å². The third-order valence-electron chi connectivity index (χ3n) is 2.90. The molecular weight excluding hydrogens is 232 g/mol. The molecule has 4 heteroatoms. The molecule has 0 bridgehead atoms. The number of rotatable bonds is 3. The van der Waals surface area contributed by atoms with E-state index in [9.17, 15) is 4.79 Å². The number of thioether (sulfide) groups is 1. The SMILES string of the molecule is O=C(NC1CC1)C1CSC(c2ccccc2)=N1. The monoisotopic (exact) mass is 246 g/mol. The average Bonchev–Trinajstić information content (AvgIpc) is 3.04.